The van der Waals surface area contributed by atoms with Gasteiger partial charge in [-0.1, -0.05) is 22.9 Å². The summed E-state index contributed by atoms with van der Waals surface area (Å²) < 4.78 is 1.70. The molecule has 0 radical (unpaired) electrons. The Morgan fingerprint density at radius 1 is 1.09 bits per heavy atom. The Kier molecular flexibility index (Phi) is 5.53. The summed E-state index contributed by atoms with van der Waals surface area (Å²) in [6, 6.07) is 13.7. The second-order valence-corrected chi connectivity index (χ2v) is 9.93. The lowest BCUT2D eigenvalue weighted by atomic mass is 10.2. The number of non-ortho nitro benzene ring substituents is 1. The molecule has 0 N–H and O–H groups in total. The van der Waals surface area contributed by atoms with Crippen LogP contribution < -0.4 is 4.90 Å². The van der Waals surface area contributed by atoms with Crippen molar-refractivity contribution in [2.24, 2.45) is 0 Å². The van der Waals surface area contributed by atoms with Gasteiger partial charge in [-0.15, -0.1) is 11.3 Å². The van der Waals surface area contributed by atoms with Gasteiger partial charge in [0.05, 0.1) is 26.6 Å². The Hall–Kier alpha value is -3.40. The highest BCUT2D eigenvalue weighted by atomic mass is 35.5. The SMILES string of the molecule is Cc1cc(Cl)cc2sc(N(Cc3ccncc3)C(=O)c3cc4cc([N+](=O)[O-])ccc4s3)nc12. The fourth-order valence-corrected chi connectivity index (χ4v) is 5.95. The van der Waals surface area contributed by atoms with Crippen LogP contribution in [0.4, 0.5) is 10.8 Å². The largest absolute Gasteiger partial charge is 0.279 e. The molecule has 0 fully saturated rings. The standard InChI is InChI=1S/C23H15ClN4O3S2/c1-13-8-16(24)11-19-21(13)26-23(33-19)27(12-14-4-6-25-7-5-14)22(29)20-10-15-9-17(28(30)31)2-3-18(15)32-20/h2-11H,12H2,1H3. The lowest BCUT2D eigenvalue weighted by Gasteiger charge is -2.19. The Morgan fingerprint density at radius 2 is 1.88 bits per heavy atom. The smallest absolute Gasteiger partial charge is 0.270 e. The van der Waals surface area contributed by atoms with Gasteiger partial charge in [-0.25, -0.2) is 4.98 Å². The summed E-state index contributed by atoms with van der Waals surface area (Å²) in [5.41, 5.74) is 2.64. The number of nitrogens with zero attached hydrogens (tertiary/aromatic N) is 4. The van der Waals surface area contributed by atoms with Crippen LogP contribution in [0.1, 0.15) is 20.8 Å². The normalized spacial score (nSPS) is 11.2. The molecule has 5 rings (SSSR count). The van der Waals surface area contributed by atoms with Gasteiger partial charge in [-0.05, 0) is 54.4 Å². The van der Waals surface area contributed by atoms with Crippen molar-refractivity contribution in [2.75, 3.05) is 4.90 Å². The molecule has 0 bridgehead atoms. The van der Waals surface area contributed by atoms with E-state index in [1.807, 2.05) is 31.2 Å². The summed E-state index contributed by atoms with van der Waals surface area (Å²) >= 11 is 8.93. The van der Waals surface area contributed by atoms with Gasteiger partial charge in [-0.2, -0.15) is 0 Å². The Bertz CT molecular complexity index is 1530. The van der Waals surface area contributed by atoms with E-state index in [2.05, 4.69) is 4.98 Å². The number of hydrogen-bond donors (Lipinski definition) is 0. The molecule has 7 nitrogen and oxygen atoms in total. The number of thiazole rings is 1. The maximum atomic E-state index is 13.7. The van der Waals surface area contributed by atoms with Crippen LogP contribution >= 0.6 is 34.3 Å². The predicted octanol–water partition coefficient (Wildman–Crippen LogP) is 6.62. The van der Waals surface area contributed by atoms with Crippen molar-refractivity contribution in [3.63, 3.8) is 0 Å². The molecule has 3 aromatic heterocycles. The van der Waals surface area contributed by atoms with Crippen LogP contribution in [0.15, 0.2) is 60.9 Å². The fourth-order valence-electron chi connectivity index (χ4n) is 3.54. The van der Waals surface area contributed by atoms with Gasteiger partial charge in [0.25, 0.3) is 11.6 Å². The molecule has 0 atom stereocenters. The summed E-state index contributed by atoms with van der Waals surface area (Å²) in [5.74, 6) is -0.224. The molecule has 0 saturated carbocycles. The number of carbonyl (C=O) groups is 1. The lowest BCUT2D eigenvalue weighted by molar-refractivity contribution is -0.384. The number of nitro benzene ring substituents is 1. The minimum Gasteiger partial charge on any atom is -0.279 e. The van der Waals surface area contributed by atoms with E-state index >= 15 is 0 Å². The van der Waals surface area contributed by atoms with E-state index in [0.29, 0.717) is 27.0 Å². The Labute approximate surface area is 201 Å². The second kappa shape index (κ2) is 8.51. The summed E-state index contributed by atoms with van der Waals surface area (Å²) in [4.78, 5) is 35.3. The van der Waals surface area contributed by atoms with Crippen LogP contribution in [0.2, 0.25) is 5.02 Å². The zero-order valence-corrected chi connectivity index (χ0v) is 19.6. The molecule has 164 valence electrons. The van der Waals surface area contributed by atoms with E-state index in [1.165, 1.54) is 34.8 Å². The zero-order valence-electron chi connectivity index (χ0n) is 17.2. The average molecular weight is 495 g/mol. The van der Waals surface area contributed by atoms with E-state index in [9.17, 15) is 14.9 Å². The molecule has 0 unspecified atom stereocenters. The highest BCUT2D eigenvalue weighted by Gasteiger charge is 2.24. The maximum absolute atomic E-state index is 13.7. The topological polar surface area (TPSA) is 89.2 Å². The number of thiophene rings is 1. The number of nitro groups is 1. The van der Waals surface area contributed by atoms with Gasteiger partial charge in [-0.3, -0.25) is 24.8 Å². The van der Waals surface area contributed by atoms with E-state index < -0.39 is 4.92 Å². The number of rotatable bonds is 5. The van der Waals surface area contributed by atoms with Crippen LogP contribution in [0.25, 0.3) is 20.3 Å². The first-order valence-corrected chi connectivity index (χ1v) is 11.9. The first kappa shape index (κ1) is 21.4. The molecule has 1 amide bonds. The third-order valence-electron chi connectivity index (χ3n) is 5.13. The summed E-state index contributed by atoms with van der Waals surface area (Å²) in [6.45, 7) is 2.24. The number of hydrogen-bond acceptors (Lipinski definition) is 7. The first-order valence-electron chi connectivity index (χ1n) is 9.84. The van der Waals surface area contributed by atoms with Crippen molar-refractivity contribution in [3.8, 4) is 0 Å². The highest BCUT2D eigenvalue weighted by Crippen LogP contribution is 2.36. The van der Waals surface area contributed by atoms with Crippen molar-refractivity contribution in [1.82, 2.24) is 9.97 Å². The number of carbonyl (C=O) groups excluding carboxylic acids is 1. The number of anilines is 1. The number of pyridine rings is 1. The fraction of sp³-hybridized carbons (Fsp3) is 0.0870. The molecule has 0 saturated heterocycles. The summed E-state index contributed by atoms with van der Waals surface area (Å²) in [6.07, 6.45) is 3.36. The zero-order chi connectivity index (χ0) is 23.1. The van der Waals surface area contributed by atoms with Crippen LogP contribution in [-0.4, -0.2) is 20.8 Å². The predicted molar refractivity (Wildman–Crippen MR) is 133 cm³/mol. The van der Waals surface area contributed by atoms with E-state index in [-0.39, 0.29) is 11.6 Å². The molecule has 0 spiro atoms. The number of fused-ring (bicyclic) bond motifs is 2. The maximum Gasteiger partial charge on any atom is 0.270 e. The Balaban J connectivity index is 1.59. The molecule has 5 aromatic rings. The molecule has 2 aromatic carbocycles. The number of amides is 1. The van der Waals surface area contributed by atoms with Gasteiger partial charge in [0.1, 0.15) is 0 Å². The third-order valence-corrected chi connectivity index (χ3v) is 7.47. The van der Waals surface area contributed by atoms with Crippen LogP contribution in [0, 0.1) is 17.0 Å². The highest BCUT2D eigenvalue weighted by molar-refractivity contribution is 7.23. The monoisotopic (exact) mass is 494 g/mol. The minimum atomic E-state index is -0.442. The van der Waals surface area contributed by atoms with Gasteiger partial charge >= 0.3 is 0 Å². The van der Waals surface area contributed by atoms with Gasteiger partial charge < -0.3 is 0 Å². The van der Waals surface area contributed by atoms with E-state index in [4.69, 9.17) is 16.6 Å². The molecule has 33 heavy (non-hydrogen) atoms. The van der Waals surface area contributed by atoms with Crippen molar-refractivity contribution in [2.45, 2.75) is 13.5 Å². The third kappa shape index (κ3) is 4.18. The van der Waals surface area contributed by atoms with Crippen LogP contribution in [0.3, 0.4) is 0 Å². The van der Waals surface area contributed by atoms with E-state index in [1.54, 1.807) is 29.4 Å². The minimum absolute atomic E-state index is 0.00790. The number of halogens is 1. The Morgan fingerprint density at radius 3 is 2.64 bits per heavy atom. The average Bonchev–Trinajstić information content (AvgIpc) is 3.41. The number of aromatic nitrogens is 2. The molecule has 3 heterocycles. The molecule has 0 aliphatic carbocycles. The summed E-state index contributed by atoms with van der Waals surface area (Å²) in [5, 5.41) is 13.0. The van der Waals surface area contributed by atoms with Crippen molar-refractivity contribution in [3.05, 3.63) is 92.1 Å². The number of aryl methyl sites for hydroxylation is 1. The number of benzene rings is 2. The van der Waals surface area contributed by atoms with Crippen LogP contribution in [0.5, 0.6) is 0 Å². The van der Waals surface area contributed by atoms with Gasteiger partial charge in [0, 0.05) is 39.6 Å². The summed E-state index contributed by atoms with van der Waals surface area (Å²) in [7, 11) is 0. The van der Waals surface area contributed by atoms with Crippen LogP contribution in [-0.2, 0) is 6.54 Å². The molecule has 0 aliphatic rings. The lowest BCUT2D eigenvalue weighted by Crippen LogP contribution is -2.29. The van der Waals surface area contributed by atoms with Crippen molar-refractivity contribution in [1.29, 1.82) is 0 Å². The van der Waals surface area contributed by atoms with E-state index in [0.717, 1.165) is 26.0 Å². The van der Waals surface area contributed by atoms with Gasteiger partial charge in [0.2, 0.25) is 0 Å². The molecule has 10 heteroatoms. The molecular weight excluding hydrogens is 480 g/mol. The molecule has 0 aliphatic heterocycles. The van der Waals surface area contributed by atoms with Gasteiger partial charge in [0.15, 0.2) is 5.13 Å². The van der Waals surface area contributed by atoms with Crippen molar-refractivity contribution >= 4 is 71.3 Å². The first-order chi connectivity index (χ1) is 15.9. The molecular formula is C23H15ClN4O3S2. The second-order valence-electron chi connectivity index (χ2n) is 7.40. The quantitative estimate of drug-likeness (QED) is 0.202. The van der Waals surface area contributed by atoms with Crippen molar-refractivity contribution < 1.29 is 9.72 Å².